The van der Waals surface area contributed by atoms with E-state index in [2.05, 4.69) is 10.6 Å². The largest absolute Gasteiger partial charge is 0.496 e. The molecule has 0 spiro atoms. The molecule has 8 heteroatoms. The topological polar surface area (TPSA) is 114 Å². The number of nitrogens with one attached hydrogen (secondary N) is 2. The fourth-order valence-corrected chi connectivity index (χ4v) is 2.72. The van der Waals surface area contributed by atoms with E-state index in [0.717, 1.165) is 0 Å². The smallest absolute Gasteiger partial charge is 0.339 e. The summed E-state index contributed by atoms with van der Waals surface area (Å²) in [6, 6.07) is 9.54. The Bertz CT molecular complexity index is 924. The fraction of sp³-hybridized carbons (Fsp3) is 0.211. The zero-order chi connectivity index (χ0) is 19.6. The van der Waals surface area contributed by atoms with Crippen LogP contribution in [0.5, 0.6) is 11.5 Å². The van der Waals surface area contributed by atoms with Crippen LogP contribution in [-0.4, -0.2) is 36.1 Å². The van der Waals surface area contributed by atoms with E-state index in [4.69, 9.17) is 9.47 Å². The minimum Gasteiger partial charge on any atom is -0.496 e. The molecule has 2 aromatic carbocycles. The van der Waals surface area contributed by atoms with Gasteiger partial charge in [-0.2, -0.15) is 0 Å². The summed E-state index contributed by atoms with van der Waals surface area (Å²) in [6.45, 7) is 1.71. The Morgan fingerprint density at radius 2 is 2.04 bits per heavy atom. The Labute approximate surface area is 155 Å². The summed E-state index contributed by atoms with van der Waals surface area (Å²) in [4.78, 5) is 35.6. The number of anilines is 1. The maximum atomic E-state index is 12.6. The molecule has 0 bridgehead atoms. The molecule has 0 unspecified atom stereocenters. The number of aromatic carboxylic acids is 1. The summed E-state index contributed by atoms with van der Waals surface area (Å²) in [5.74, 6) is -1.24. The summed E-state index contributed by atoms with van der Waals surface area (Å²) in [5, 5.41) is 14.7. The van der Waals surface area contributed by atoms with Gasteiger partial charge in [-0.05, 0) is 36.8 Å². The number of hydrogen-bond donors (Lipinski definition) is 3. The molecule has 1 atom stereocenters. The third-order valence-electron chi connectivity index (χ3n) is 4.13. The summed E-state index contributed by atoms with van der Waals surface area (Å²) < 4.78 is 10.6. The number of hydrogen-bond acceptors (Lipinski definition) is 5. The zero-order valence-electron chi connectivity index (χ0n) is 14.7. The molecular weight excluding hydrogens is 352 g/mol. The van der Waals surface area contributed by atoms with Crippen molar-refractivity contribution in [2.75, 3.05) is 12.4 Å². The zero-order valence-corrected chi connectivity index (χ0v) is 14.7. The van der Waals surface area contributed by atoms with Gasteiger partial charge in [0, 0.05) is 6.54 Å². The van der Waals surface area contributed by atoms with Crippen LogP contribution in [0.15, 0.2) is 36.4 Å². The van der Waals surface area contributed by atoms with Crippen LogP contribution >= 0.6 is 0 Å². The number of methoxy groups -OCH3 is 1. The Balaban J connectivity index is 1.78. The fourth-order valence-electron chi connectivity index (χ4n) is 2.72. The van der Waals surface area contributed by atoms with Gasteiger partial charge in [0.25, 0.3) is 11.8 Å². The van der Waals surface area contributed by atoms with Crippen LogP contribution in [0.2, 0.25) is 0 Å². The van der Waals surface area contributed by atoms with E-state index in [1.54, 1.807) is 31.2 Å². The molecule has 27 heavy (non-hydrogen) atoms. The van der Waals surface area contributed by atoms with Crippen molar-refractivity contribution < 1.29 is 29.0 Å². The molecule has 2 amide bonds. The van der Waals surface area contributed by atoms with Crippen LogP contribution < -0.4 is 20.1 Å². The van der Waals surface area contributed by atoms with Gasteiger partial charge in [0.05, 0.1) is 18.4 Å². The molecule has 0 saturated carbocycles. The highest BCUT2D eigenvalue weighted by molar-refractivity contribution is 6.04. The number of amides is 2. The van der Waals surface area contributed by atoms with Crippen LogP contribution in [0.4, 0.5) is 5.69 Å². The standard InChI is InChI=1S/C19H18N2O6/c1-10-17(22)21-14-5-3-4-12(16(14)27-10)18(23)20-9-11-6-7-15(26-2)13(8-11)19(24)25/h3-8,10H,9H2,1-2H3,(H,20,23)(H,21,22)(H,24,25)/t10-/m1/s1. The van der Waals surface area contributed by atoms with Crippen molar-refractivity contribution in [2.24, 2.45) is 0 Å². The van der Waals surface area contributed by atoms with Gasteiger partial charge in [-0.25, -0.2) is 4.79 Å². The Kier molecular flexibility index (Phi) is 4.98. The van der Waals surface area contributed by atoms with E-state index in [0.29, 0.717) is 17.0 Å². The molecule has 0 radical (unpaired) electrons. The normalized spacial score (nSPS) is 15.2. The molecule has 0 aliphatic carbocycles. The highest BCUT2D eigenvalue weighted by Gasteiger charge is 2.27. The van der Waals surface area contributed by atoms with Crippen molar-refractivity contribution in [3.8, 4) is 11.5 Å². The number of fused-ring (bicyclic) bond motifs is 1. The average Bonchev–Trinajstić information content (AvgIpc) is 2.66. The average molecular weight is 370 g/mol. The van der Waals surface area contributed by atoms with Crippen molar-refractivity contribution >= 4 is 23.5 Å². The van der Waals surface area contributed by atoms with Crippen LogP contribution in [0.25, 0.3) is 0 Å². The molecule has 0 aromatic heterocycles. The summed E-state index contributed by atoms with van der Waals surface area (Å²) >= 11 is 0. The SMILES string of the molecule is COc1ccc(CNC(=O)c2cccc3c2O[C@H](C)C(=O)N3)cc1C(=O)O. The molecule has 2 aromatic rings. The van der Waals surface area contributed by atoms with Gasteiger partial charge in [0.2, 0.25) is 0 Å². The summed E-state index contributed by atoms with van der Waals surface area (Å²) in [6.07, 6.45) is -0.703. The van der Waals surface area contributed by atoms with Crippen molar-refractivity contribution in [3.63, 3.8) is 0 Å². The second-order valence-electron chi connectivity index (χ2n) is 5.95. The number of carbonyl (C=O) groups is 3. The van der Waals surface area contributed by atoms with E-state index in [-0.39, 0.29) is 29.3 Å². The van der Waals surface area contributed by atoms with E-state index < -0.39 is 18.0 Å². The molecule has 0 fully saturated rings. The number of para-hydroxylation sites is 1. The summed E-state index contributed by atoms with van der Waals surface area (Å²) in [5.41, 5.74) is 1.34. The minimum atomic E-state index is -1.12. The van der Waals surface area contributed by atoms with Crippen LogP contribution in [-0.2, 0) is 11.3 Å². The molecule has 8 nitrogen and oxygen atoms in total. The molecule has 3 rings (SSSR count). The number of carboxylic acid groups (broad SMARTS) is 1. The monoisotopic (exact) mass is 370 g/mol. The third-order valence-corrected chi connectivity index (χ3v) is 4.13. The van der Waals surface area contributed by atoms with Crippen LogP contribution in [0.3, 0.4) is 0 Å². The van der Waals surface area contributed by atoms with E-state index in [1.165, 1.54) is 19.2 Å². The Morgan fingerprint density at radius 3 is 2.74 bits per heavy atom. The Hall–Kier alpha value is -3.55. The molecular formula is C19H18N2O6. The van der Waals surface area contributed by atoms with E-state index in [1.807, 2.05) is 0 Å². The van der Waals surface area contributed by atoms with Gasteiger partial charge in [0.15, 0.2) is 11.9 Å². The lowest BCUT2D eigenvalue weighted by molar-refractivity contribution is -0.122. The molecule has 1 heterocycles. The first kappa shape index (κ1) is 18.2. The first-order valence-corrected chi connectivity index (χ1v) is 8.19. The first-order valence-electron chi connectivity index (χ1n) is 8.19. The van der Waals surface area contributed by atoms with Gasteiger partial charge in [-0.1, -0.05) is 12.1 Å². The second-order valence-corrected chi connectivity index (χ2v) is 5.95. The molecule has 1 aliphatic rings. The quantitative estimate of drug-likeness (QED) is 0.742. The lowest BCUT2D eigenvalue weighted by Crippen LogP contribution is -2.35. The third kappa shape index (κ3) is 3.69. The predicted octanol–water partition coefficient (Wildman–Crippen LogP) is 2.04. The van der Waals surface area contributed by atoms with Gasteiger partial charge in [-0.15, -0.1) is 0 Å². The van der Waals surface area contributed by atoms with Gasteiger partial charge in [-0.3, -0.25) is 9.59 Å². The second kappa shape index (κ2) is 7.36. The number of rotatable bonds is 5. The molecule has 140 valence electrons. The molecule has 1 aliphatic heterocycles. The minimum absolute atomic E-state index is 0.0150. The highest BCUT2D eigenvalue weighted by Crippen LogP contribution is 2.33. The van der Waals surface area contributed by atoms with Gasteiger partial charge >= 0.3 is 5.97 Å². The highest BCUT2D eigenvalue weighted by atomic mass is 16.5. The van der Waals surface area contributed by atoms with Gasteiger partial charge in [0.1, 0.15) is 11.3 Å². The number of benzene rings is 2. The molecule has 3 N–H and O–H groups in total. The molecule has 0 saturated heterocycles. The van der Waals surface area contributed by atoms with Crippen molar-refractivity contribution in [1.29, 1.82) is 0 Å². The maximum absolute atomic E-state index is 12.6. The lowest BCUT2D eigenvalue weighted by Gasteiger charge is -2.25. The number of ether oxygens (including phenoxy) is 2. The Morgan fingerprint density at radius 1 is 1.26 bits per heavy atom. The number of carboxylic acids is 1. The predicted molar refractivity (Wildman–Crippen MR) is 96.3 cm³/mol. The van der Waals surface area contributed by atoms with Crippen LogP contribution in [0.1, 0.15) is 33.2 Å². The lowest BCUT2D eigenvalue weighted by atomic mass is 10.1. The van der Waals surface area contributed by atoms with Crippen molar-refractivity contribution in [1.82, 2.24) is 5.32 Å². The van der Waals surface area contributed by atoms with Crippen molar-refractivity contribution in [2.45, 2.75) is 19.6 Å². The maximum Gasteiger partial charge on any atom is 0.339 e. The van der Waals surface area contributed by atoms with Crippen molar-refractivity contribution in [3.05, 3.63) is 53.1 Å². The van der Waals surface area contributed by atoms with E-state index >= 15 is 0 Å². The van der Waals surface area contributed by atoms with E-state index in [9.17, 15) is 19.5 Å². The summed E-state index contributed by atoms with van der Waals surface area (Å²) in [7, 11) is 1.39. The van der Waals surface area contributed by atoms with Gasteiger partial charge < -0.3 is 25.2 Å². The van der Waals surface area contributed by atoms with Crippen LogP contribution in [0, 0.1) is 0 Å². The first-order chi connectivity index (χ1) is 12.9. The number of carbonyl (C=O) groups excluding carboxylic acids is 2.